The van der Waals surface area contributed by atoms with Crippen LogP contribution in [0.5, 0.6) is 0 Å². The van der Waals surface area contributed by atoms with E-state index in [4.69, 9.17) is 10.5 Å². The highest BCUT2D eigenvalue weighted by Crippen LogP contribution is 2.17. The Labute approximate surface area is 76.5 Å². The summed E-state index contributed by atoms with van der Waals surface area (Å²) in [6.45, 7) is 1.72. The second-order valence-corrected chi connectivity index (χ2v) is 3.08. The maximum atomic E-state index is 5.47. The van der Waals surface area contributed by atoms with Crippen LogP contribution in [0, 0.1) is 0 Å². The first-order valence-electron chi connectivity index (χ1n) is 4.15. The van der Waals surface area contributed by atoms with Crippen LogP contribution in [0.2, 0.25) is 0 Å². The Morgan fingerprint density at radius 3 is 2.62 bits per heavy atom. The normalized spacial score (nSPS) is 17.2. The van der Waals surface area contributed by atoms with Crippen molar-refractivity contribution >= 4 is 11.6 Å². The lowest BCUT2D eigenvalue weighted by Crippen LogP contribution is -2.52. The number of anilines is 2. The van der Waals surface area contributed by atoms with Gasteiger partial charge in [-0.2, -0.15) is 0 Å². The molecule has 1 aliphatic rings. The molecule has 0 saturated carbocycles. The fraction of sp³-hybridized carbons (Fsp3) is 0.500. The molecule has 1 aromatic heterocycles. The summed E-state index contributed by atoms with van der Waals surface area (Å²) < 4.78 is 5.14. The van der Waals surface area contributed by atoms with Crippen molar-refractivity contribution in [3.63, 3.8) is 0 Å². The summed E-state index contributed by atoms with van der Waals surface area (Å²) in [5.41, 5.74) is 6.06. The van der Waals surface area contributed by atoms with Gasteiger partial charge in [-0.1, -0.05) is 0 Å². The number of methoxy groups -OCH3 is 1. The van der Waals surface area contributed by atoms with Gasteiger partial charge in [-0.15, -0.1) is 0 Å². The molecule has 0 amide bonds. The summed E-state index contributed by atoms with van der Waals surface area (Å²) in [4.78, 5) is 10.3. The topological polar surface area (TPSA) is 64.3 Å². The molecule has 1 fully saturated rings. The number of nitrogen functional groups attached to an aromatic ring is 1. The minimum atomic E-state index is 0.321. The molecule has 0 atom stereocenters. The average molecular weight is 180 g/mol. The fourth-order valence-corrected chi connectivity index (χ4v) is 1.25. The molecule has 0 aromatic carbocycles. The van der Waals surface area contributed by atoms with E-state index in [1.165, 1.54) is 0 Å². The first-order chi connectivity index (χ1) is 6.29. The third kappa shape index (κ3) is 1.55. The molecular weight excluding hydrogens is 168 g/mol. The van der Waals surface area contributed by atoms with Crippen LogP contribution < -0.4 is 10.6 Å². The Balaban J connectivity index is 1.99. The summed E-state index contributed by atoms with van der Waals surface area (Å²) in [5.74, 6) is 0.725. The highest BCUT2D eigenvalue weighted by Gasteiger charge is 2.27. The van der Waals surface area contributed by atoms with Crippen LogP contribution in [0.1, 0.15) is 0 Å². The molecule has 2 rings (SSSR count). The van der Waals surface area contributed by atoms with E-state index in [1.807, 2.05) is 4.90 Å². The zero-order valence-corrected chi connectivity index (χ0v) is 7.47. The highest BCUT2D eigenvalue weighted by atomic mass is 16.5. The second kappa shape index (κ2) is 3.18. The van der Waals surface area contributed by atoms with Crippen molar-refractivity contribution in [2.75, 3.05) is 30.8 Å². The van der Waals surface area contributed by atoms with E-state index in [9.17, 15) is 0 Å². The largest absolute Gasteiger partial charge is 0.396 e. The quantitative estimate of drug-likeness (QED) is 0.688. The summed E-state index contributed by atoms with van der Waals surface area (Å²) in [6, 6.07) is 0. The van der Waals surface area contributed by atoms with Crippen molar-refractivity contribution in [1.82, 2.24) is 9.97 Å². The lowest BCUT2D eigenvalue weighted by Gasteiger charge is -2.37. The van der Waals surface area contributed by atoms with E-state index >= 15 is 0 Å². The smallest absolute Gasteiger partial charge is 0.225 e. The predicted octanol–water partition coefficient (Wildman–Crippen LogP) is -0.106. The van der Waals surface area contributed by atoms with Gasteiger partial charge in [0.05, 0.1) is 24.2 Å². The van der Waals surface area contributed by atoms with E-state index in [-0.39, 0.29) is 0 Å². The molecule has 2 heterocycles. The Morgan fingerprint density at radius 1 is 1.46 bits per heavy atom. The van der Waals surface area contributed by atoms with Crippen molar-refractivity contribution in [1.29, 1.82) is 0 Å². The van der Waals surface area contributed by atoms with E-state index in [2.05, 4.69) is 9.97 Å². The van der Waals surface area contributed by atoms with Gasteiger partial charge in [-0.3, -0.25) is 0 Å². The third-order valence-electron chi connectivity index (χ3n) is 2.12. The van der Waals surface area contributed by atoms with E-state index in [1.54, 1.807) is 19.5 Å². The minimum Gasteiger partial charge on any atom is -0.396 e. The minimum absolute atomic E-state index is 0.321. The van der Waals surface area contributed by atoms with Crippen LogP contribution in [0.15, 0.2) is 12.4 Å². The summed E-state index contributed by atoms with van der Waals surface area (Å²) >= 11 is 0. The summed E-state index contributed by atoms with van der Waals surface area (Å²) in [5, 5.41) is 0. The number of nitrogens with two attached hydrogens (primary N) is 1. The van der Waals surface area contributed by atoms with Crippen LogP contribution in [-0.2, 0) is 4.74 Å². The number of nitrogens with zero attached hydrogens (tertiary/aromatic N) is 3. The van der Waals surface area contributed by atoms with Crippen molar-refractivity contribution in [2.24, 2.45) is 0 Å². The van der Waals surface area contributed by atoms with E-state index in [0.29, 0.717) is 11.8 Å². The zero-order chi connectivity index (χ0) is 9.26. The Hall–Kier alpha value is -1.36. The van der Waals surface area contributed by atoms with Gasteiger partial charge in [-0.05, 0) is 0 Å². The third-order valence-corrected chi connectivity index (χ3v) is 2.12. The molecule has 70 valence electrons. The van der Waals surface area contributed by atoms with Crippen molar-refractivity contribution in [2.45, 2.75) is 6.10 Å². The number of ether oxygens (including phenoxy) is 1. The molecule has 0 bridgehead atoms. The second-order valence-electron chi connectivity index (χ2n) is 3.08. The molecule has 5 heteroatoms. The van der Waals surface area contributed by atoms with Crippen molar-refractivity contribution in [3.05, 3.63) is 12.4 Å². The molecule has 2 N–H and O–H groups in total. The van der Waals surface area contributed by atoms with Crippen LogP contribution in [0.3, 0.4) is 0 Å². The average Bonchev–Trinajstić information content (AvgIpc) is 2.06. The first-order valence-corrected chi connectivity index (χ1v) is 4.15. The van der Waals surface area contributed by atoms with Crippen LogP contribution in [-0.4, -0.2) is 36.3 Å². The molecule has 0 radical (unpaired) electrons. The molecule has 0 aliphatic carbocycles. The lowest BCUT2D eigenvalue weighted by molar-refractivity contribution is 0.0778. The van der Waals surface area contributed by atoms with Crippen LogP contribution in [0.25, 0.3) is 0 Å². The number of hydrogen-bond donors (Lipinski definition) is 1. The van der Waals surface area contributed by atoms with Gasteiger partial charge < -0.3 is 15.4 Å². The fourth-order valence-electron chi connectivity index (χ4n) is 1.25. The van der Waals surface area contributed by atoms with Gasteiger partial charge >= 0.3 is 0 Å². The molecule has 0 spiro atoms. The van der Waals surface area contributed by atoms with Gasteiger partial charge in [0.2, 0.25) is 5.95 Å². The number of rotatable bonds is 2. The van der Waals surface area contributed by atoms with Gasteiger partial charge in [0, 0.05) is 20.2 Å². The Morgan fingerprint density at radius 2 is 2.08 bits per heavy atom. The van der Waals surface area contributed by atoms with E-state index < -0.39 is 0 Å². The molecule has 1 aromatic rings. The zero-order valence-electron chi connectivity index (χ0n) is 7.47. The standard InChI is InChI=1S/C8H12N4O/c1-13-7-4-12(5-7)8-10-2-6(9)3-11-8/h2-3,7H,4-5,9H2,1H3. The Kier molecular flexibility index (Phi) is 2.02. The predicted molar refractivity (Wildman–Crippen MR) is 49.5 cm³/mol. The Bertz CT molecular complexity index is 281. The van der Waals surface area contributed by atoms with Crippen molar-refractivity contribution < 1.29 is 4.74 Å². The molecular formula is C8H12N4O. The lowest BCUT2D eigenvalue weighted by atomic mass is 10.2. The monoisotopic (exact) mass is 180 g/mol. The molecule has 0 unspecified atom stereocenters. The maximum absolute atomic E-state index is 5.47. The first kappa shape index (κ1) is 8.25. The van der Waals surface area contributed by atoms with Crippen LogP contribution in [0.4, 0.5) is 11.6 Å². The summed E-state index contributed by atoms with van der Waals surface area (Å²) in [6.07, 6.45) is 3.55. The van der Waals surface area contributed by atoms with Gasteiger partial charge in [0.1, 0.15) is 0 Å². The van der Waals surface area contributed by atoms with Gasteiger partial charge in [0.25, 0.3) is 0 Å². The summed E-state index contributed by atoms with van der Waals surface area (Å²) in [7, 11) is 1.71. The maximum Gasteiger partial charge on any atom is 0.225 e. The molecule has 5 nitrogen and oxygen atoms in total. The number of aromatic nitrogens is 2. The molecule has 1 aliphatic heterocycles. The van der Waals surface area contributed by atoms with Crippen LogP contribution >= 0.6 is 0 Å². The van der Waals surface area contributed by atoms with Crippen molar-refractivity contribution in [3.8, 4) is 0 Å². The highest BCUT2D eigenvalue weighted by molar-refractivity contribution is 5.40. The molecule has 1 saturated heterocycles. The SMILES string of the molecule is COC1CN(c2ncc(N)cn2)C1. The van der Waals surface area contributed by atoms with Gasteiger partial charge in [0.15, 0.2) is 0 Å². The van der Waals surface area contributed by atoms with E-state index in [0.717, 1.165) is 19.0 Å². The molecule has 13 heavy (non-hydrogen) atoms. The van der Waals surface area contributed by atoms with Gasteiger partial charge in [-0.25, -0.2) is 9.97 Å². The number of hydrogen-bond acceptors (Lipinski definition) is 5.